The molecule has 0 unspecified atom stereocenters. The Hall–Kier alpha value is -1.11. The molecule has 0 saturated carbocycles. The lowest BCUT2D eigenvalue weighted by Crippen LogP contribution is -2.42. The first-order valence-electron chi connectivity index (χ1n) is 5.99. The number of aryl methyl sites for hydroxylation is 1. The van der Waals surface area contributed by atoms with Crippen molar-refractivity contribution < 1.29 is 17.7 Å². The fourth-order valence-corrected chi connectivity index (χ4v) is 2.26. The molecule has 1 aromatic rings. The molecular weight excluding hydrogens is 247 g/mol. The number of hydrogen-bond acceptors (Lipinski definition) is 4. The molecule has 0 aliphatic carbocycles. The van der Waals surface area contributed by atoms with E-state index in [4.69, 9.17) is 4.52 Å². The number of rotatable bonds is 2. The Morgan fingerprint density at radius 3 is 2.72 bits per heavy atom. The van der Waals surface area contributed by atoms with Gasteiger partial charge in [-0.1, -0.05) is 5.16 Å². The summed E-state index contributed by atoms with van der Waals surface area (Å²) in [6.07, 6.45) is -3.37. The summed E-state index contributed by atoms with van der Waals surface area (Å²) in [5.74, 6) is -0.366. The van der Waals surface area contributed by atoms with Crippen molar-refractivity contribution in [2.24, 2.45) is 5.92 Å². The molecule has 0 amide bonds. The van der Waals surface area contributed by atoms with Crippen molar-refractivity contribution in [1.29, 1.82) is 0 Å². The monoisotopic (exact) mass is 263 g/mol. The quantitative estimate of drug-likeness (QED) is 0.822. The van der Waals surface area contributed by atoms with Crippen LogP contribution >= 0.6 is 0 Å². The molecule has 18 heavy (non-hydrogen) atoms. The summed E-state index contributed by atoms with van der Waals surface area (Å²) in [5.41, 5.74) is 0. The number of halogens is 3. The lowest BCUT2D eigenvalue weighted by atomic mass is 9.96. The molecule has 0 spiro atoms. The second kappa shape index (κ2) is 4.87. The Morgan fingerprint density at radius 2 is 2.17 bits per heavy atom. The van der Waals surface area contributed by atoms with Crippen LogP contribution in [-0.2, 0) is 0 Å². The molecule has 1 aliphatic rings. The third-order valence-corrected chi connectivity index (χ3v) is 3.36. The van der Waals surface area contributed by atoms with Gasteiger partial charge in [-0.3, -0.25) is 4.90 Å². The molecule has 1 saturated heterocycles. The maximum atomic E-state index is 12.7. The van der Waals surface area contributed by atoms with Gasteiger partial charge in [0.1, 0.15) is 0 Å². The van der Waals surface area contributed by atoms with Crippen LogP contribution in [0.25, 0.3) is 0 Å². The number of hydrogen-bond donors (Lipinski definition) is 0. The highest BCUT2D eigenvalue weighted by atomic mass is 19.4. The highest BCUT2D eigenvalue weighted by Gasteiger charge is 2.43. The lowest BCUT2D eigenvalue weighted by molar-refractivity contribution is -0.188. The van der Waals surface area contributed by atoms with Gasteiger partial charge in [0.05, 0.1) is 12.0 Å². The predicted octanol–water partition coefficient (Wildman–Crippen LogP) is 2.71. The van der Waals surface area contributed by atoms with Crippen LogP contribution in [0.1, 0.15) is 37.5 Å². The van der Waals surface area contributed by atoms with E-state index in [9.17, 15) is 13.2 Å². The van der Waals surface area contributed by atoms with Gasteiger partial charge in [0.15, 0.2) is 5.82 Å². The van der Waals surface area contributed by atoms with E-state index in [-0.39, 0.29) is 19.0 Å². The Balaban J connectivity index is 2.05. The number of alkyl halides is 3. The highest BCUT2D eigenvalue weighted by Crippen LogP contribution is 2.35. The van der Waals surface area contributed by atoms with E-state index in [0.29, 0.717) is 24.7 Å². The van der Waals surface area contributed by atoms with Gasteiger partial charge in [0.25, 0.3) is 0 Å². The zero-order chi connectivity index (χ0) is 13.3. The van der Waals surface area contributed by atoms with Gasteiger partial charge in [-0.05, 0) is 33.2 Å². The minimum absolute atomic E-state index is 0.00605. The van der Waals surface area contributed by atoms with Crippen molar-refractivity contribution in [2.75, 3.05) is 13.1 Å². The lowest BCUT2D eigenvalue weighted by Gasteiger charge is -2.36. The number of nitrogens with zero attached hydrogens (tertiary/aromatic N) is 3. The fourth-order valence-electron chi connectivity index (χ4n) is 2.26. The first kappa shape index (κ1) is 13.3. The molecule has 2 rings (SSSR count). The topological polar surface area (TPSA) is 42.2 Å². The summed E-state index contributed by atoms with van der Waals surface area (Å²) in [6, 6.07) is -0.267. The Morgan fingerprint density at radius 1 is 1.44 bits per heavy atom. The first-order chi connectivity index (χ1) is 8.38. The van der Waals surface area contributed by atoms with Crippen molar-refractivity contribution in [3.05, 3.63) is 11.7 Å². The number of piperidine rings is 1. The summed E-state index contributed by atoms with van der Waals surface area (Å²) >= 11 is 0. The molecule has 1 fully saturated rings. The van der Waals surface area contributed by atoms with Crippen LogP contribution < -0.4 is 0 Å². The molecule has 0 radical (unpaired) electrons. The number of likely N-dealkylation sites (tertiary alicyclic amines) is 1. The Labute approximate surface area is 103 Å². The van der Waals surface area contributed by atoms with Crippen LogP contribution in [0.3, 0.4) is 0 Å². The summed E-state index contributed by atoms with van der Waals surface area (Å²) in [5, 5.41) is 3.67. The van der Waals surface area contributed by atoms with E-state index >= 15 is 0 Å². The Bertz CT molecular complexity index is 404. The summed E-state index contributed by atoms with van der Waals surface area (Å²) in [7, 11) is 0. The summed E-state index contributed by atoms with van der Waals surface area (Å²) in [6.45, 7) is 4.13. The van der Waals surface area contributed by atoms with Crippen molar-refractivity contribution in [3.63, 3.8) is 0 Å². The van der Waals surface area contributed by atoms with Gasteiger partial charge in [-0.15, -0.1) is 0 Å². The molecule has 2 heterocycles. The highest BCUT2D eigenvalue weighted by molar-refractivity contribution is 4.92. The van der Waals surface area contributed by atoms with E-state index < -0.39 is 12.1 Å². The van der Waals surface area contributed by atoms with Crippen molar-refractivity contribution in [3.8, 4) is 0 Å². The zero-order valence-corrected chi connectivity index (χ0v) is 10.4. The first-order valence-corrected chi connectivity index (χ1v) is 5.99. The van der Waals surface area contributed by atoms with Gasteiger partial charge in [-0.25, -0.2) is 0 Å². The van der Waals surface area contributed by atoms with Crippen LogP contribution in [-0.4, -0.2) is 34.3 Å². The molecule has 1 aromatic heterocycles. The maximum absolute atomic E-state index is 12.7. The van der Waals surface area contributed by atoms with Gasteiger partial charge in [0.2, 0.25) is 5.89 Å². The molecule has 0 bridgehead atoms. The zero-order valence-electron chi connectivity index (χ0n) is 10.4. The molecule has 0 aromatic carbocycles. The summed E-state index contributed by atoms with van der Waals surface area (Å²) < 4.78 is 43.1. The maximum Gasteiger partial charge on any atom is 0.393 e. The van der Waals surface area contributed by atoms with Crippen LogP contribution in [0.5, 0.6) is 0 Å². The second-order valence-corrected chi connectivity index (χ2v) is 4.73. The van der Waals surface area contributed by atoms with E-state index in [1.54, 1.807) is 18.7 Å². The van der Waals surface area contributed by atoms with Crippen molar-refractivity contribution in [1.82, 2.24) is 15.0 Å². The smallest absolute Gasteiger partial charge is 0.338 e. The normalized spacial score (nSPS) is 24.2. The summed E-state index contributed by atoms with van der Waals surface area (Å²) in [4.78, 5) is 5.83. The minimum atomic E-state index is -4.12. The number of aromatic nitrogens is 2. The van der Waals surface area contributed by atoms with Crippen LogP contribution in [0.2, 0.25) is 0 Å². The van der Waals surface area contributed by atoms with Crippen molar-refractivity contribution in [2.45, 2.75) is 38.9 Å². The van der Waals surface area contributed by atoms with Crippen LogP contribution in [0, 0.1) is 12.8 Å². The average Bonchev–Trinajstić information content (AvgIpc) is 2.74. The van der Waals surface area contributed by atoms with Gasteiger partial charge >= 0.3 is 6.18 Å². The van der Waals surface area contributed by atoms with Crippen molar-refractivity contribution >= 4 is 0 Å². The van der Waals surface area contributed by atoms with Crippen LogP contribution in [0.4, 0.5) is 13.2 Å². The van der Waals surface area contributed by atoms with E-state index in [2.05, 4.69) is 10.1 Å². The largest absolute Gasteiger partial charge is 0.393 e. The third kappa shape index (κ3) is 2.82. The van der Waals surface area contributed by atoms with Crippen LogP contribution in [0.15, 0.2) is 4.52 Å². The SMILES string of the molecule is Cc1noc([C@@H](C)N2CCC[C@@H](C(F)(F)F)C2)n1. The molecule has 0 N–H and O–H groups in total. The Kier molecular flexibility index (Phi) is 3.61. The van der Waals surface area contributed by atoms with Gasteiger partial charge in [0, 0.05) is 6.54 Å². The predicted molar refractivity (Wildman–Crippen MR) is 57.8 cm³/mol. The van der Waals surface area contributed by atoms with E-state index in [0.717, 1.165) is 0 Å². The fraction of sp³-hybridized carbons (Fsp3) is 0.818. The second-order valence-electron chi connectivity index (χ2n) is 4.73. The standard InChI is InChI=1S/C11H16F3N3O/c1-7(10-15-8(2)16-18-10)17-5-3-4-9(6-17)11(12,13)14/h7,9H,3-6H2,1-2H3/t7-,9-/m1/s1. The average molecular weight is 263 g/mol. The molecule has 7 heteroatoms. The van der Waals surface area contributed by atoms with E-state index in [1.807, 2.05) is 0 Å². The third-order valence-electron chi connectivity index (χ3n) is 3.36. The molecule has 102 valence electrons. The molecular formula is C11H16F3N3O. The molecule has 2 atom stereocenters. The molecule has 1 aliphatic heterocycles. The van der Waals surface area contributed by atoms with Gasteiger partial charge in [-0.2, -0.15) is 18.2 Å². The van der Waals surface area contributed by atoms with Gasteiger partial charge < -0.3 is 4.52 Å². The van der Waals surface area contributed by atoms with E-state index in [1.165, 1.54) is 0 Å². The molecule has 4 nitrogen and oxygen atoms in total. The minimum Gasteiger partial charge on any atom is -0.338 e.